The highest BCUT2D eigenvalue weighted by atomic mass is 79.9. The molecule has 1 N–H and O–H groups in total. The molecule has 8 nitrogen and oxygen atoms in total. The largest absolute Gasteiger partial charge is 0.457 e. The van der Waals surface area contributed by atoms with E-state index in [9.17, 15) is 18.0 Å². The van der Waals surface area contributed by atoms with Crippen molar-refractivity contribution in [2.24, 2.45) is 0 Å². The van der Waals surface area contributed by atoms with Crippen LogP contribution in [0.15, 0.2) is 64.0 Å². The lowest BCUT2D eigenvalue weighted by Gasteiger charge is -2.34. The Balaban J connectivity index is 1.39. The van der Waals surface area contributed by atoms with E-state index in [1.165, 1.54) is 9.21 Å². The maximum Gasteiger partial charge on any atom is 0.313 e. The monoisotopic (exact) mass is 599 g/mol. The van der Waals surface area contributed by atoms with Crippen LogP contribution in [0.5, 0.6) is 11.5 Å². The van der Waals surface area contributed by atoms with Gasteiger partial charge in [0, 0.05) is 42.4 Å². The Morgan fingerprint density at radius 2 is 1.45 bits per heavy atom. The number of hydrogen-bond donors (Lipinski definition) is 1. The van der Waals surface area contributed by atoms with Crippen molar-refractivity contribution in [2.45, 2.75) is 32.6 Å². The third-order valence-corrected chi connectivity index (χ3v) is 9.46. The van der Waals surface area contributed by atoms with E-state index in [0.717, 1.165) is 26.7 Å². The van der Waals surface area contributed by atoms with Gasteiger partial charge in [-0.25, -0.2) is 8.42 Å². The van der Waals surface area contributed by atoms with Gasteiger partial charge in [0.15, 0.2) is 0 Å². The van der Waals surface area contributed by atoms with Gasteiger partial charge in [-0.1, -0.05) is 28.1 Å². The summed E-state index contributed by atoms with van der Waals surface area (Å²) >= 11 is 3.38. The first kappa shape index (κ1) is 27.8. The van der Waals surface area contributed by atoms with Gasteiger partial charge in [0.2, 0.25) is 10.0 Å². The van der Waals surface area contributed by atoms with Gasteiger partial charge >= 0.3 is 11.8 Å². The molecule has 0 saturated carbocycles. The second-order valence-corrected chi connectivity index (χ2v) is 12.1. The summed E-state index contributed by atoms with van der Waals surface area (Å²) in [6.07, 6.45) is 0. The molecule has 4 rings (SSSR count). The average molecular weight is 601 g/mol. The number of benzene rings is 3. The van der Waals surface area contributed by atoms with Crippen molar-refractivity contribution < 1.29 is 22.7 Å². The summed E-state index contributed by atoms with van der Waals surface area (Å²) in [6, 6.07) is 16.1. The Morgan fingerprint density at radius 1 is 0.842 bits per heavy atom. The standard InChI is InChI=1S/C28H30BrN3O5S/c1-18-16-19(2)21(4)26(20(18)3)38(35,36)32-14-12-31(13-15-32)28(34)27(33)30-23-6-5-7-25(17-23)37-24-10-8-22(29)9-11-24/h5-11,16-17H,12-15H2,1-4H3,(H,30,33). The Kier molecular flexibility index (Phi) is 8.25. The van der Waals surface area contributed by atoms with Gasteiger partial charge in [-0.2, -0.15) is 4.31 Å². The van der Waals surface area contributed by atoms with Crippen molar-refractivity contribution >= 4 is 43.5 Å². The van der Waals surface area contributed by atoms with Crippen molar-refractivity contribution in [3.05, 3.63) is 81.3 Å². The summed E-state index contributed by atoms with van der Waals surface area (Å²) < 4.78 is 35.1. The number of halogens is 1. The minimum Gasteiger partial charge on any atom is -0.457 e. The fraction of sp³-hybridized carbons (Fsp3) is 0.286. The van der Waals surface area contributed by atoms with Crippen LogP contribution in [-0.4, -0.2) is 55.6 Å². The minimum absolute atomic E-state index is 0.115. The SMILES string of the molecule is Cc1cc(C)c(C)c(S(=O)(=O)N2CCN(C(=O)C(=O)Nc3cccc(Oc4ccc(Br)cc4)c3)CC2)c1C. The number of nitrogens with one attached hydrogen (secondary N) is 1. The van der Waals surface area contributed by atoms with Crippen LogP contribution in [0.1, 0.15) is 22.3 Å². The molecular weight excluding hydrogens is 570 g/mol. The van der Waals surface area contributed by atoms with Crippen LogP contribution >= 0.6 is 15.9 Å². The minimum atomic E-state index is -3.74. The van der Waals surface area contributed by atoms with E-state index in [4.69, 9.17) is 4.74 Å². The van der Waals surface area contributed by atoms with E-state index in [2.05, 4.69) is 21.2 Å². The van der Waals surface area contributed by atoms with Gasteiger partial charge in [0.05, 0.1) is 4.90 Å². The second kappa shape index (κ2) is 11.3. The van der Waals surface area contributed by atoms with Crippen LogP contribution in [0, 0.1) is 27.7 Å². The Morgan fingerprint density at radius 3 is 2.05 bits per heavy atom. The predicted molar refractivity (Wildman–Crippen MR) is 150 cm³/mol. The number of carbonyl (C=O) groups is 2. The molecule has 0 radical (unpaired) electrons. The summed E-state index contributed by atoms with van der Waals surface area (Å²) in [4.78, 5) is 27.3. The number of nitrogens with zero attached hydrogens (tertiary/aromatic N) is 2. The molecular formula is C28H30BrN3O5S. The zero-order chi connectivity index (χ0) is 27.6. The van der Waals surface area contributed by atoms with E-state index >= 15 is 0 Å². The number of anilines is 1. The Bertz CT molecular complexity index is 1450. The number of piperazine rings is 1. The molecule has 0 aliphatic carbocycles. The summed E-state index contributed by atoms with van der Waals surface area (Å²) in [5, 5.41) is 2.62. The third-order valence-electron chi connectivity index (χ3n) is 6.76. The first-order valence-electron chi connectivity index (χ1n) is 12.2. The quantitative estimate of drug-likeness (QED) is 0.419. The molecule has 2 amide bonds. The van der Waals surface area contributed by atoms with Crippen molar-refractivity contribution in [2.75, 3.05) is 31.5 Å². The number of rotatable bonds is 5. The molecule has 3 aromatic rings. The van der Waals surface area contributed by atoms with Crippen molar-refractivity contribution in [3.8, 4) is 11.5 Å². The fourth-order valence-electron chi connectivity index (χ4n) is 4.43. The molecule has 1 saturated heterocycles. The first-order chi connectivity index (χ1) is 18.0. The summed E-state index contributed by atoms with van der Waals surface area (Å²) in [7, 11) is -3.74. The van der Waals surface area contributed by atoms with E-state index in [-0.39, 0.29) is 26.2 Å². The number of sulfonamides is 1. The molecule has 0 unspecified atom stereocenters. The predicted octanol–water partition coefficient (Wildman–Crippen LogP) is 4.95. The lowest BCUT2D eigenvalue weighted by molar-refractivity contribution is -0.143. The number of ether oxygens (including phenoxy) is 1. The fourth-order valence-corrected chi connectivity index (χ4v) is 6.69. The number of carbonyl (C=O) groups excluding carboxylic acids is 2. The smallest absolute Gasteiger partial charge is 0.313 e. The normalized spacial score (nSPS) is 14.3. The highest BCUT2D eigenvalue weighted by Crippen LogP contribution is 2.29. The summed E-state index contributed by atoms with van der Waals surface area (Å²) in [5.41, 5.74) is 3.72. The van der Waals surface area contributed by atoms with Gasteiger partial charge < -0.3 is 15.0 Å². The maximum atomic E-state index is 13.5. The average Bonchev–Trinajstić information content (AvgIpc) is 2.89. The molecule has 1 aliphatic rings. The summed E-state index contributed by atoms with van der Waals surface area (Å²) in [6.45, 7) is 7.92. The second-order valence-electron chi connectivity index (χ2n) is 9.32. The maximum absolute atomic E-state index is 13.5. The Labute approximate surface area is 231 Å². The van der Waals surface area contributed by atoms with E-state index in [1.54, 1.807) is 36.4 Å². The molecule has 10 heteroatoms. The van der Waals surface area contributed by atoms with Crippen molar-refractivity contribution in [3.63, 3.8) is 0 Å². The molecule has 0 bridgehead atoms. The first-order valence-corrected chi connectivity index (χ1v) is 14.4. The van der Waals surface area contributed by atoms with Crippen LogP contribution < -0.4 is 10.1 Å². The highest BCUT2D eigenvalue weighted by molar-refractivity contribution is 9.10. The topological polar surface area (TPSA) is 96.0 Å². The van der Waals surface area contributed by atoms with Crippen LogP contribution in [0.4, 0.5) is 5.69 Å². The van der Waals surface area contributed by atoms with Crippen LogP contribution in [0.25, 0.3) is 0 Å². The molecule has 1 fully saturated rings. The third kappa shape index (κ3) is 5.92. The molecule has 1 heterocycles. The van der Waals surface area contributed by atoms with Gasteiger partial charge in [-0.05, 0) is 86.3 Å². The van der Waals surface area contributed by atoms with Gasteiger partial charge in [-0.3, -0.25) is 9.59 Å². The molecule has 1 aliphatic heterocycles. The van der Waals surface area contributed by atoms with Crippen LogP contribution in [0.2, 0.25) is 0 Å². The summed E-state index contributed by atoms with van der Waals surface area (Å²) in [5.74, 6) is -0.358. The molecule has 0 aromatic heterocycles. The molecule has 0 spiro atoms. The van der Waals surface area contributed by atoms with Gasteiger partial charge in [-0.15, -0.1) is 0 Å². The molecule has 38 heavy (non-hydrogen) atoms. The van der Waals surface area contributed by atoms with Crippen LogP contribution in [0.3, 0.4) is 0 Å². The van der Waals surface area contributed by atoms with E-state index in [1.807, 2.05) is 45.9 Å². The number of aryl methyl sites for hydroxylation is 2. The Hall–Kier alpha value is -3.21. The zero-order valence-corrected chi connectivity index (χ0v) is 24.1. The zero-order valence-electron chi connectivity index (χ0n) is 21.7. The molecule has 3 aromatic carbocycles. The number of hydrogen-bond acceptors (Lipinski definition) is 5. The van der Waals surface area contributed by atoms with Crippen LogP contribution in [-0.2, 0) is 19.6 Å². The molecule has 0 atom stereocenters. The lowest BCUT2D eigenvalue weighted by Crippen LogP contribution is -2.53. The van der Waals surface area contributed by atoms with E-state index in [0.29, 0.717) is 22.1 Å². The highest BCUT2D eigenvalue weighted by Gasteiger charge is 2.34. The van der Waals surface area contributed by atoms with Gasteiger partial charge in [0.25, 0.3) is 0 Å². The van der Waals surface area contributed by atoms with Crippen molar-refractivity contribution in [1.29, 1.82) is 0 Å². The van der Waals surface area contributed by atoms with E-state index < -0.39 is 21.8 Å². The lowest BCUT2D eigenvalue weighted by atomic mass is 10.0. The number of amides is 2. The van der Waals surface area contributed by atoms with Gasteiger partial charge in [0.1, 0.15) is 11.5 Å². The van der Waals surface area contributed by atoms with Crippen molar-refractivity contribution in [1.82, 2.24) is 9.21 Å². The molecule has 200 valence electrons.